The Morgan fingerprint density at radius 3 is 2.82 bits per heavy atom. The number of methoxy groups -OCH3 is 1. The number of benzene rings is 3. The lowest BCUT2D eigenvalue weighted by atomic mass is 10.0. The van der Waals surface area contributed by atoms with E-state index in [0.717, 1.165) is 23.2 Å². The minimum Gasteiger partial charge on any atom is -0.497 e. The van der Waals surface area contributed by atoms with Crippen molar-refractivity contribution in [1.82, 2.24) is 14.8 Å². The Morgan fingerprint density at radius 2 is 2.05 bits per heavy atom. The van der Waals surface area contributed by atoms with Gasteiger partial charge in [-0.1, -0.05) is 12.1 Å². The molecule has 0 saturated heterocycles. The van der Waals surface area contributed by atoms with Crippen LogP contribution >= 0.6 is 0 Å². The zero-order valence-corrected chi connectivity index (χ0v) is 21.1. The SMILES string of the molecule is COc1cc(NC(C(=O)N2CCc3ccc(C)cc32)c2ccc(F)cc2OCCO)cc(-n2cncn2)c1. The standard InChI is InChI=1S/C28H28FN5O4/c1-18-3-4-19-7-8-33(25(19)11-18)28(36)27(24-6-5-20(29)12-26(24)38-10-9-35)32-21-13-22(15-23(14-21)37-2)34-17-30-16-31-34/h3-6,11-17,27,32,35H,7-10H2,1-2H3. The fourth-order valence-corrected chi connectivity index (χ4v) is 4.60. The predicted molar refractivity (Wildman–Crippen MR) is 140 cm³/mol. The Balaban J connectivity index is 1.59. The van der Waals surface area contributed by atoms with Gasteiger partial charge in [0, 0.05) is 41.7 Å². The molecule has 1 atom stereocenters. The van der Waals surface area contributed by atoms with Gasteiger partial charge in [-0.3, -0.25) is 4.79 Å². The smallest absolute Gasteiger partial charge is 0.254 e. The first-order valence-corrected chi connectivity index (χ1v) is 12.2. The van der Waals surface area contributed by atoms with E-state index in [1.165, 1.54) is 24.5 Å². The molecule has 1 aliphatic rings. The Morgan fingerprint density at radius 1 is 1.18 bits per heavy atom. The third-order valence-corrected chi connectivity index (χ3v) is 6.41. The first kappa shape index (κ1) is 25.2. The van der Waals surface area contributed by atoms with Crippen LogP contribution in [-0.4, -0.2) is 52.6 Å². The number of aliphatic hydroxyl groups excluding tert-OH is 1. The van der Waals surface area contributed by atoms with E-state index in [1.807, 2.05) is 31.2 Å². The van der Waals surface area contributed by atoms with Gasteiger partial charge in [0.05, 0.1) is 19.4 Å². The first-order valence-electron chi connectivity index (χ1n) is 12.2. The minimum absolute atomic E-state index is 0.0429. The molecule has 0 fully saturated rings. The number of hydrogen-bond donors (Lipinski definition) is 2. The summed E-state index contributed by atoms with van der Waals surface area (Å²) in [6.45, 7) is 2.21. The van der Waals surface area contributed by atoms with Gasteiger partial charge < -0.3 is 24.8 Å². The summed E-state index contributed by atoms with van der Waals surface area (Å²) < 4.78 is 27.0. The molecular formula is C28H28FN5O4. The number of amides is 1. The highest BCUT2D eigenvalue weighted by atomic mass is 19.1. The maximum Gasteiger partial charge on any atom is 0.254 e. The van der Waals surface area contributed by atoms with E-state index < -0.39 is 11.9 Å². The van der Waals surface area contributed by atoms with Crippen LogP contribution < -0.4 is 19.7 Å². The average molecular weight is 518 g/mol. The molecular weight excluding hydrogens is 489 g/mol. The summed E-state index contributed by atoms with van der Waals surface area (Å²) in [4.78, 5) is 20.0. The normalized spacial score (nSPS) is 13.2. The molecule has 1 unspecified atom stereocenters. The van der Waals surface area contributed by atoms with Crippen LogP contribution in [0.5, 0.6) is 11.5 Å². The second-order valence-corrected chi connectivity index (χ2v) is 8.96. The van der Waals surface area contributed by atoms with Crippen molar-refractivity contribution in [1.29, 1.82) is 0 Å². The zero-order valence-electron chi connectivity index (χ0n) is 21.1. The quantitative estimate of drug-likeness (QED) is 0.348. The maximum atomic E-state index is 14.2. The summed E-state index contributed by atoms with van der Waals surface area (Å²) in [7, 11) is 1.55. The van der Waals surface area contributed by atoms with E-state index in [4.69, 9.17) is 9.47 Å². The van der Waals surface area contributed by atoms with E-state index >= 15 is 0 Å². The third kappa shape index (κ3) is 5.16. The van der Waals surface area contributed by atoms with Crippen molar-refractivity contribution in [2.24, 2.45) is 0 Å². The fourth-order valence-electron chi connectivity index (χ4n) is 4.60. The van der Waals surface area contributed by atoms with Gasteiger partial charge >= 0.3 is 0 Å². The van der Waals surface area contributed by atoms with Gasteiger partial charge in [0.15, 0.2) is 0 Å². The molecule has 4 aromatic rings. The van der Waals surface area contributed by atoms with Crippen LogP contribution in [0.15, 0.2) is 67.3 Å². The summed E-state index contributed by atoms with van der Waals surface area (Å²) in [6.07, 6.45) is 3.72. The van der Waals surface area contributed by atoms with Crippen LogP contribution in [0.25, 0.3) is 5.69 Å². The number of carbonyl (C=O) groups excluding carboxylic acids is 1. The first-order chi connectivity index (χ1) is 18.5. The molecule has 5 rings (SSSR count). The van der Waals surface area contributed by atoms with Crippen molar-refractivity contribution in [3.8, 4) is 17.2 Å². The van der Waals surface area contributed by atoms with Gasteiger partial charge in [-0.25, -0.2) is 14.1 Å². The van der Waals surface area contributed by atoms with E-state index in [9.17, 15) is 14.3 Å². The van der Waals surface area contributed by atoms with Gasteiger partial charge in [0.1, 0.15) is 42.6 Å². The van der Waals surface area contributed by atoms with Crippen LogP contribution in [0, 0.1) is 12.7 Å². The molecule has 1 aromatic heterocycles. The lowest BCUT2D eigenvalue weighted by molar-refractivity contribution is -0.119. The number of aryl methyl sites for hydroxylation is 1. The van der Waals surface area contributed by atoms with Gasteiger partial charge in [0.25, 0.3) is 5.91 Å². The third-order valence-electron chi connectivity index (χ3n) is 6.41. The molecule has 2 heterocycles. The number of anilines is 2. The number of rotatable bonds is 9. The number of ether oxygens (including phenoxy) is 2. The Labute approximate surface area is 219 Å². The molecule has 3 aromatic carbocycles. The molecule has 196 valence electrons. The van der Waals surface area contributed by atoms with E-state index in [1.54, 1.807) is 35.2 Å². The fraction of sp³-hybridized carbons (Fsp3) is 0.250. The van der Waals surface area contributed by atoms with Crippen molar-refractivity contribution in [2.45, 2.75) is 19.4 Å². The number of hydrogen-bond acceptors (Lipinski definition) is 7. The average Bonchev–Trinajstić information content (AvgIpc) is 3.61. The number of nitrogens with one attached hydrogen (secondary N) is 1. The number of nitrogens with zero attached hydrogens (tertiary/aromatic N) is 4. The van der Waals surface area contributed by atoms with Gasteiger partial charge in [-0.05, 0) is 48.7 Å². The molecule has 0 aliphatic carbocycles. The molecule has 0 saturated carbocycles. The Kier molecular flexibility index (Phi) is 7.23. The van der Waals surface area contributed by atoms with Crippen molar-refractivity contribution >= 4 is 17.3 Å². The molecule has 2 N–H and O–H groups in total. The second kappa shape index (κ2) is 10.9. The van der Waals surface area contributed by atoms with Crippen molar-refractivity contribution < 1.29 is 23.8 Å². The number of aliphatic hydroxyl groups is 1. The molecule has 1 aliphatic heterocycles. The van der Waals surface area contributed by atoms with E-state index in [0.29, 0.717) is 29.2 Å². The lowest BCUT2D eigenvalue weighted by Gasteiger charge is -2.28. The number of carbonyl (C=O) groups is 1. The minimum atomic E-state index is -0.938. The molecule has 0 radical (unpaired) electrons. The Bertz CT molecular complexity index is 1440. The number of fused-ring (bicyclic) bond motifs is 1. The highest BCUT2D eigenvalue weighted by Gasteiger charge is 2.33. The summed E-state index contributed by atoms with van der Waals surface area (Å²) in [6, 6.07) is 14.6. The molecule has 10 heteroatoms. The molecule has 0 spiro atoms. The van der Waals surface area contributed by atoms with Crippen LogP contribution in [0.4, 0.5) is 15.8 Å². The van der Waals surface area contributed by atoms with Gasteiger partial charge in [-0.15, -0.1) is 0 Å². The largest absolute Gasteiger partial charge is 0.497 e. The summed E-state index contributed by atoms with van der Waals surface area (Å²) in [5.41, 5.74) is 4.69. The van der Waals surface area contributed by atoms with Crippen LogP contribution in [-0.2, 0) is 11.2 Å². The van der Waals surface area contributed by atoms with Gasteiger partial charge in [0.2, 0.25) is 0 Å². The van der Waals surface area contributed by atoms with Crippen molar-refractivity contribution in [2.75, 3.05) is 37.1 Å². The van der Waals surface area contributed by atoms with Gasteiger partial charge in [-0.2, -0.15) is 5.10 Å². The molecule has 38 heavy (non-hydrogen) atoms. The zero-order chi connectivity index (χ0) is 26.6. The predicted octanol–water partition coefficient (Wildman–Crippen LogP) is 3.84. The van der Waals surface area contributed by atoms with Crippen LogP contribution in [0.2, 0.25) is 0 Å². The van der Waals surface area contributed by atoms with Crippen LogP contribution in [0.1, 0.15) is 22.7 Å². The topological polar surface area (TPSA) is 102 Å². The van der Waals surface area contributed by atoms with Crippen molar-refractivity contribution in [3.63, 3.8) is 0 Å². The highest BCUT2D eigenvalue weighted by molar-refractivity contribution is 6.01. The van der Waals surface area contributed by atoms with E-state index in [2.05, 4.69) is 15.4 Å². The summed E-state index contributed by atoms with van der Waals surface area (Å²) in [5, 5.41) is 16.8. The van der Waals surface area contributed by atoms with E-state index in [-0.39, 0.29) is 24.9 Å². The number of halogens is 1. The molecule has 9 nitrogen and oxygen atoms in total. The summed E-state index contributed by atoms with van der Waals surface area (Å²) in [5.74, 6) is -0.0116. The Hall–Kier alpha value is -4.44. The maximum absolute atomic E-state index is 14.2. The van der Waals surface area contributed by atoms with Crippen molar-refractivity contribution in [3.05, 3.63) is 89.8 Å². The monoisotopic (exact) mass is 517 g/mol. The lowest BCUT2D eigenvalue weighted by Crippen LogP contribution is -2.37. The number of aromatic nitrogens is 3. The molecule has 1 amide bonds. The summed E-state index contributed by atoms with van der Waals surface area (Å²) >= 11 is 0. The molecule has 0 bridgehead atoms. The highest BCUT2D eigenvalue weighted by Crippen LogP contribution is 2.36. The second-order valence-electron chi connectivity index (χ2n) is 8.96. The van der Waals surface area contributed by atoms with Crippen LogP contribution in [0.3, 0.4) is 0 Å².